The zero-order chi connectivity index (χ0) is 14.5. The third kappa shape index (κ3) is 3.64. The van der Waals surface area contributed by atoms with Gasteiger partial charge in [-0.3, -0.25) is 4.98 Å². The van der Waals surface area contributed by atoms with Gasteiger partial charge in [0.25, 0.3) is 0 Å². The first-order valence-corrected chi connectivity index (χ1v) is 7.59. The summed E-state index contributed by atoms with van der Waals surface area (Å²) in [5.41, 5.74) is 0. The maximum absolute atomic E-state index is 6.04. The molecular formula is C16H18ClN3O. The van der Waals surface area contributed by atoms with E-state index < -0.39 is 0 Å². The molecule has 1 aliphatic heterocycles. The molecule has 2 aromatic heterocycles. The van der Waals surface area contributed by atoms with Gasteiger partial charge in [0.15, 0.2) is 0 Å². The van der Waals surface area contributed by atoms with E-state index in [2.05, 4.69) is 20.9 Å². The predicted molar refractivity (Wildman–Crippen MR) is 83.9 cm³/mol. The fourth-order valence-electron chi connectivity index (χ4n) is 2.56. The highest BCUT2D eigenvalue weighted by molar-refractivity contribution is 6.31. The lowest BCUT2D eigenvalue weighted by Crippen LogP contribution is -2.36. The number of halogens is 1. The Hall–Kier alpha value is -1.81. The Morgan fingerprint density at radius 1 is 1.19 bits per heavy atom. The molecule has 4 nitrogen and oxygen atoms in total. The number of piperidine rings is 1. The van der Waals surface area contributed by atoms with Crippen molar-refractivity contribution in [2.24, 2.45) is 5.92 Å². The van der Waals surface area contributed by atoms with Crippen molar-refractivity contribution >= 4 is 17.4 Å². The first-order valence-electron chi connectivity index (χ1n) is 7.21. The highest BCUT2D eigenvalue weighted by Gasteiger charge is 2.20. The largest absolute Gasteiger partial charge is 0.492 e. The third-order valence-corrected chi connectivity index (χ3v) is 4.08. The van der Waals surface area contributed by atoms with Crippen LogP contribution in [0.15, 0.2) is 42.9 Å². The molecule has 0 radical (unpaired) electrons. The Kier molecular flexibility index (Phi) is 4.55. The zero-order valence-corrected chi connectivity index (χ0v) is 12.5. The molecule has 1 aliphatic rings. The van der Waals surface area contributed by atoms with Crippen LogP contribution in [-0.2, 0) is 0 Å². The average molecular weight is 304 g/mol. The van der Waals surface area contributed by atoms with Gasteiger partial charge in [-0.1, -0.05) is 17.7 Å². The summed E-state index contributed by atoms with van der Waals surface area (Å²) in [5.74, 6) is 2.35. The first-order chi connectivity index (χ1) is 10.3. The van der Waals surface area contributed by atoms with Crippen LogP contribution in [0, 0.1) is 5.92 Å². The van der Waals surface area contributed by atoms with E-state index in [1.165, 1.54) is 0 Å². The molecule has 3 rings (SSSR count). The highest BCUT2D eigenvalue weighted by Crippen LogP contribution is 2.25. The van der Waals surface area contributed by atoms with Gasteiger partial charge in [-0.05, 0) is 30.9 Å². The Labute approximate surface area is 129 Å². The summed E-state index contributed by atoms with van der Waals surface area (Å²) in [4.78, 5) is 10.7. The van der Waals surface area contributed by atoms with Gasteiger partial charge >= 0.3 is 0 Å². The normalized spacial score (nSPS) is 16.0. The van der Waals surface area contributed by atoms with Crippen molar-refractivity contribution in [1.82, 2.24) is 9.97 Å². The molecule has 0 bridgehead atoms. The molecule has 0 atom stereocenters. The van der Waals surface area contributed by atoms with Crippen molar-refractivity contribution in [2.75, 3.05) is 24.6 Å². The summed E-state index contributed by atoms with van der Waals surface area (Å²) in [6.45, 7) is 2.75. The first kappa shape index (κ1) is 14.1. The molecule has 0 amide bonds. The lowest BCUT2D eigenvalue weighted by molar-refractivity contribution is 0.222. The summed E-state index contributed by atoms with van der Waals surface area (Å²) >= 11 is 6.04. The summed E-state index contributed by atoms with van der Waals surface area (Å²) in [6.07, 6.45) is 7.37. The number of nitrogens with zero attached hydrogens (tertiary/aromatic N) is 3. The average Bonchev–Trinajstić information content (AvgIpc) is 2.55. The molecule has 0 aliphatic carbocycles. The van der Waals surface area contributed by atoms with Crippen molar-refractivity contribution in [3.05, 3.63) is 47.9 Å². The third-order valence-electron chi connectivity index (χ3n) is 3.80. The fourth-order valence-corrected chi connectivity index (χ4v) is 2.73. The second kappa shape index (κ2) is 6.76. The quantitative estimate of drug-likeness (QED) is 0.867. The second-order valence-corrected chi connectivity index (χ2v) is 5.64. The smallest absolute Gasteiger partial charge is 0.141 e. The molecule has 2 aromatic rings. The van der Waals surface area contributed by atoms with Gasteiger partial charge in [0.1, 0.15) is 16.6 Å². The van der Waals surface area contributed by atoms with Crippen molar-refractivity contribution in [3.8, 4) is 5.75 Å². The fraction of sp³-hybridized carbons (Fsp3) is 0.375. The van der Waals surface area contributed by atoms with E-state index in [-0.39, 0.29) is 0 Å². The maximum Gasteiger partial charge on any atom is 0.141 e. The SMILES string of the molecule is Clc1cnccc1OCC1CCN(c2ccccn2)CC1. The molecule has 0 aromatic carbocycles. The van der Waals surface area contributed by atoms with Crippen molar-refractivity contribution < 1.29 is 4.74 Å². The van der Waals surface area contributed by atoms with Crippen LogP contribution >= 0.6 is 11.6 Å². The summed E-state index contributed by atoms with van der Waals surface area (Å²) in [6, 6.07) is 7.85. The standard InChI is InChI=1S/C16H18ClN3O/c17-14-11-18-8-4-15(14)21-12-13-5-9-20(10-6-13)16-3-1-2-7-19-16/h1-4,7-8,11,13H,5-6,9-10,12H2. The Bertz CT molecular complexity index is 571. The monoisotopic (exact) mass is 303 g/mol. The molecule has 5 heteroatoms. The van der Waals surface area contributed by atoms with Gasteiger partial charge in [0.2, 0.25) is 0 Å². The molecule has 0 unspecified atom stereocenters. The topological polar surface area (TPSA) is 38.2 Å². The van der Waals surface area contributed by atoms with Crippen molar-refractivity contribution in [3.63, 3.8) is 0 Å². The van der Waals surface area contributed by atoms with Gasteiger partial charge in [-0.15, -0.1) is 0 Å². The van der Waals surface area contributed by atoms with Crippen LogP contribution in [0.3, 0.4) is 0 Å². The van der Waals surface area contributed by atoms with Crippen LogP contribution < -0.4 is 9.64 Å². The Balaban J connectivity index is 1.49. The molecule has 1 fully saturated rings. The van der Waals surface area contributed by atoms with Gasteiger partial charge in [-0.25, -0.2) is 4.98 Å². The molecule has 110 valence electrons. The summed E-state index contributed by atoms with van der Waals surface area (Å²) in [7, 11) is 0. The number of ether oxygens (including phenoxy) is 1. The number of hydrogen-bond acceptors (Lipinski definition) is 4. The highest BCUT2D eigenvalue weighted by atomic mass is 35.5. The van der Waals surface area contributed by atoms with Crippen LogP contribution in [-0.4, -0.2) is 29.7 Å². The van der Waals surface area contributed by atoms with E-state index in [1.54, 1.807) is 12.4 Å². The zero-order valence-electron chi connectivity index (χ0n) is 11.8. The van der Waals surface area contributed by atoms with Crippen LogP contribution in [0.25, 0.3) is 0 Å². The molecular weight excluding hydrogens is 286 g/mol. The van der Waals surface area contributed by atoms with Crippen LogP contribution in [0.1, 0.15) is 12.8 Å². The van der Waals surface area contributed by atoms with Gasteiger partial charge in [0, 0.05) is 37.7 Å². The Morgan fingerprint density at radius 2 is 2.05 bits per heavy atom. The maximum atomic E-state index is 6.04. The second-order valence-electron chi connectivity index (χ2n) is 5.24. The van der Waals surface area contributed by atoms with Gasteiger partial charge < -0.3 is 9.64 Å². The van der Waals surface area contributed by atoms with E-state index >= 15 is 0 Å². The molecule has 0 N–H and O–H groups in total. The lowest BCUT2D eigenvalue weighted by Gasteiger charge is -2.32. The molecule has 21 heavy (non-hydrogen) atoms. The molecule has 1 saturated heterocycles. The molecule has 0 saturated carbocycles. The minimum absolute atomic E-state index is 0.564. The lowest BCUT2D eigenvalue weighted by atomic mass is 9.98. The van der Waals surface area contributed by atoms with Crippen LogP contribution in [0.4, 0.5) is 5.82 Å². The number of pyridine rings is 2. The van der Waals surface area contributed by atoms with E-state index in [1.807, 2.05) is 24.4 Å². The van der Waals surface area contributed by atoms with E-state index in [0.29, 0.717) is 17.5 Å². The van der Waals surface area contributed by atoms with Crippen LogP contribution in [0.5, 0.6) is 5.75 Å². The summed E-state index contributed by atoms with van der Waals surface area (Å²) in [5, 5.41) is 0.573. The minimum atomic E-state index is 0.564. The van der Waals surface area contributed by atoms with E-state index in [9.17, 15) is 0 Å². The Morgan fingerprint density at radius 3 is 2.76 bits per heavy atom. The van der Waals surface area contributed by atoms with E-state index in [0.717, 1.165) is 37.5 Å². The van der Waals surface area contributed by atoms with Gasteiger partial charge in [0.05, 0.1) is 6.61 Å². The molecule has 3 heterocycles. The van der Waals surface area contributed by atoms with Gasteiger partial charge in [-0.2, -0.15) is 0 Å². The number of hydrogen-bond donors (Lipinski definition) is 0. The van der Waals surface area contributed by atoms with Crippen LogP contribution in [0.2, 0.25) is 5.02 Å². The van der Waals surface area contributed by atoms with Crippen molar-refractivity contribution in [1.29, 1.82) is 0 Å². The molecule has 0 spiro atoms. The number of rotatable bonds is 4. The van der Waals surface area contributed by atoms with Crippen molar-refractivity contribution in [2.45, 2.75) is 12.8 Å². The number of anilines is 1. The predicted octanol–water partition coefficient (Wildman–Crippen LogP) is 3.43. The minimum Gasteiger partial charge on any atom is -0.492 e. The van der Waals surface area contributed by atoms with E-state index in [4.69, 9.17) is 16.3 Å². The summed E-state index contributed by atoms with van der Waals surface area (Å²) < 4.78 is 5.81. The number of aromatic nitrogens is 2.